The van der Waals surface area contributed by atoms with Gasteiger partial charge in [-0.15, -0.1) is 10.2 Å². The van der Waals surface area contributed by atoms with E-state index in [1.165, 1.54) is 5.56 Å². The van der Waals surface area contributed by atoms with Crippen molar-refractivity contribution in [2.45, 2.75) is 32.0 Å². The number of hydrogen-bond acceptors (Lipinski definition) is 4. The molecule has 0 saturated carbocycles. The molecule has 0 amide bonds. The fourth-order valence-electron chi connectivity index (χ4n) is 4.58. The molecule has 5 rings (SSSR count). The van der Waals surface area contributed by atoms with Crippen LogP contribution in [0.2, 0.25) is 0 Å². The van der Waals surface area contributed by atoms with E-state index in [4.69, 9.17) is 0 Å². The largest absolute Gasteiger partial charge is 0.368 e. The van der Waals surface area contributed by atoms with Crippen molar-refractivity contribution in [1.29, 1.82) is 0 Å². The molecule has 4 nitrogen and oxygen atoms in total. The Kier molecular flexibility index (Phi) is 5.07. The van der Waals surface area contributed by atoms with Gasteiger partial charge in [-0.1, -0.05) is 30.3 Å². The molecule has 0 bridgehead atoms. The minimum atomic E-state index is -0.460. The van der Waals surface area contributed by atoms with Crippen molar-refractivity contribution in [2.75, 3.05) is 29.4 Å². The lowest BCUT2D eigenvalue weighted by atomic mass is 10.0. The monoisotopic (exact) mass is 406 g/mol. The summed E-state index contributed by atoms with van der Waals surface area (Å²) in [7, 11) is 0. The highest BCUT2D eigenvalue weighted by Crippen LogP contribution is 2.33. The number of piperidine rings is 1. The summed E-state index contributed by atoms with van der Waals surface area (Å²) in [5, 5.41) is 8.81. The Balaban J connectivity index is 1.23. The summed E-state index contributed by atoms with van der Waals surface area (Å²) in [4.78, 5) is 4.65. The average molecular weight is 406 g/mol. The molecule has 6 heteroatoms. The number of halogens is 2. The molecule has 0 N–H and O–H groups in total. The van der Waals surface area contributed by atoms with Crippen LogP contribution in [0.1, 0.15) is 24.0 Å². The first kappa shape index (κ1) is 19.0. The molecular formula is C24H24F2N4. The third-order valence-corrected chi connectivity index (χ3v) is 6.26. The maximum atomic E-state index is 13.7. The molecule has 154 valence electrons. The molecule has 0 aliphatic carbocycles. The Morgan fingerprint density at radius 3 is 2.40 bits per heavy atom. The lowest BCUT2D eigenvalue weighted by molar-refractivity contribution is 0.469. The van der Waals surface area contributed by atoms with Crippen LogP contribution in [-0.4, -0.2) is 35.9 Å². The minimum absolute atomic E-state index is 0.159. The number of fused-ring (bicyclic) bond motifs is 1. The van der Waals surface area contributed by atoms with Gasteiger partial charge in [-0.05, 0) is 54.7 Å². The molecule has 2 aromatic carbocycles. The summed E-state index contributed by atoms with van der Waals surface area (Å²) in [5.74, 6) is 0.721. The van der Waals surface area contributed by atoms with Crippen molar-refractivity contribution in [3.63, 3.8) is 0 Å². The number of aromatic nitrogens is 2. The zero-order valence-electron chi connectivity index (χ0n) is 16.8. The molecule has 30 heavy (non-hydrogen) atoms. The van der Waals surface area contributed by atoms with E-state index in [0.717, 1.165) is 61.7 Å². The van der Waals surface area contributed by atoms with Crippen LogP contribution in [0.25, 0.3) is 11.3 Å². The molecule has 0 unspecified atom stereocenters. The summed E-state index contributed by atoms with van der Waals surface area (Å²) >= 11 is 0. The lowest BCUT2D eigenvalue weighted by Gasteiger charge is -2.38. The van der Waals surface area contributed by atoms with Gasteiger partial charge in [0.05, 0.1) is 5.69 Å². The molecular weight excluding hydrogens is 382 g/mol. The summed E-state index contributed by atoms with van der Waals surface area (Å²) in [6, 6.07) is 16.9. The quantitative estimate of drug-likeness (QED) is 0.624. The molecule has 0 spiro atoms. The standard InChI is InChI=1S/C24H24F2N4/c25-16-17-1-3-18(4-2-17)22-7-8-24(28-27-22)29-12-10-21(11-13-29)30-14-9-19-5-6-20(26)15-23(19)30/h1-8,15,21H,9-14,16H2. The van der Waals surface area contributed by atoms with Crippen molar-refractivity contribution in [3.8, 4) is 11.3 Å². The molecule has 0 radical (unpaired) electrons. The predicted octanol–water partition coefficient (Wildman–Crippen LogP) is 4.78. The zero-order chi connectivity index (χ0) is 20.5. The Hall–Kier alpha value is -3.02. The van der Waals surface area contributed by atoms with Crippen molar-refractivity contribution >= 4 is 11.5 Å². The van der Waals surface area contributed by atoms with Crippen LogP contribution in [-0.2, 0) is 13.1 Å². The molecule has 0 atom stereocenters. The Bertz CT molecular complexity index is 1010. The summed E-state index contributed by atoms with van der Waals surface area (Å²) in [5.41, 5.74) is 4.70. The average Bonchev–Trinajstić information content (AvgIpc) is 3.22. The normalized spacial score (nSPS) is 16.7. The Morgan fingerprint density at radius 2 is 1.70 bits per heavy atom. The van der Waals surface area contributed by atoms with Crippen LogP contribution in [0.4, 0.5) is 20.3 Å². The van der Waals surface area contributed by atoms with Gasteiger partial charge in [0, 0.05) is 36.9 Å². The first-order valence-electron chi connectivity index (χ1n) is 10.5. The van der Waals surface area contributed by atoms with E-state index in [0.29, 0.717) is 11.6 Å². The van der Waals surface area contributed by atoms with Crippen LogP contribution < -0.4 is 9.80 Å². The highest BCUT2D eigenvalue weighted by molar-refractivity contribution is 5.61. The van der Waals surface area contributed by atoms with Crippen molar-refractivity contribution in [3.05, 3.63) is 71.5 Å². The maximum Gasteiger partial charge on any atom is 0.151 e. The van der Waals surface area contributed by atoms with E-state index in [9.17, 15) is 8.78 Å². The van der Waals surface area contributed by atoms with Crippen molar-refractivity contribution in [1.82, 2.24) is 10.2 Å². The van der Waals surface area contributed by atoms with Crippen LogP contribution in [0.15, 0.2) is 54.6 Å². The molecule has 3 heterocycles. The van der Waals surface area contributed by atoms with E-state index in [1.807, 2.05) is 30.3 Å². The molecule has 1 aromatic heterocycles. The minimum Gasteiger partial charge on any atom is -0.368 e. The van der Waals surface area contributed by atoms with Gasteiger partial charge in [0.15, 0.2) is 5.82 Å². The smallest absolute Gasteiger partial charge is 0.151 e. The summed E-state index contributed by atoms with van der Waals surface area (Å²) in [6.07, 6.45) is 3.03. The molecule has 1 saturated heterocycles. The van der Waals surface area contributed by atoms with E-state index >= 15 is 0 Å². The van der Waals surface area contributed by atoms with Gasteiger partial charge in [0.2, 0.25) is 0 Å². The van der Waals surface area contributed by atoms with E-state index in [1.54, 1.807) is 24.3 Å². The second-order valence-electron chi connectivity index (χ2n) is 8.04. The first-order valence-corrected chi connectivity index (χ1v) is 10.5. The number of alkyl halides is 1. The number of benzene rings is 2. The summed E-state index contributed by atoms with van der Waals surface area (Å²) < 4.78 is 26.4. The molecule has 2 aliphatic rings. The topological polar surface area (TPSA) is 32.3 Å². The van der Waals surface area contributed by atoms with Gasteiger partial charge in [-0.3, -0.25) is 0 Å². The zero-order valence-corrected chi connectivity index (χ0v) is 16.8. The summed E-state index contributed by atoms with van der Waals surface area (Å²) in [6.45, 7) is 2.33. The van der Waals surface area contributed by atoms with Crippen LogP contribution in [0, 0.1) is 5.82 Å². The van der Waals surface area contributed by atoms with Crippen molar-refractivity contribution in [2.24, 2.45) is 0 Å². The number of hydrogen-bond donors (Lipinski definition) is 0. The van der Waals surface area contributed by atoms with E-state index in [2.05, 4.69) is 20.0 Å². The van der Waals surface area contributed by atoms with Gasteiger partial charge in [0.25, 0.3) is 0 Å². The first-order chi connectivity index (χ1) is 14.7. The fraction of sp³-hybridized carbons (Fsp3) is 0.333. The van der Waals surface area contributed by atoms with Crippen LogP contribution >= 0.6 is 0 Å². The number of anilines is 2. The number of rotatable bonds is 4. The van der Waals surface area contributed by atoms with Gasteiger partial charge in [-0.25, -0.2) is 8.78 Å². The fourth-order valence-corrected chi connectivity index (χ4v) is 4.58. The Morgan fingerprint density at radius 1 is 0.900 bits per heavy atom. The highest BCUT2D eigenvalue weighted by Gasteiger charge is 2.30. The predicted molar refractivity (Wildman–Crippen MR) is 115 cm³/mol. The van der Waals surface area contributed by atoms with Gasteiger partial charge in [0.1, 0.15) is 12.5 Å². The number of nitrogens with zero attached hydrogens (tertiary/aromatic N) is 4. The molecule has 2 aliphatic heterocycles. The highest BCUT2D eigenvalue weighted by atomic mass is 19.1. The van der Waals surface area contributed by atoms with E-state index in [-0.39, 0.29) is 5.82 Å². The van der Waals surface area contributed by atoms with Crippen LogP contribution in [0.5, 0.6) is 0 Å². The second kappa shape index (κ2) is 8.01. The SMILES string of the molecule is FCc1ccc(-c2ccc(N3CCC(N4CCc5ccc(F)cc54)CC3)nn2)cc1. The van der Waals surface area contributed by atoms with Gasteiger partial charge >= 0.3 is 0 Å². The third-order valence-electron chi connectivity index (χ3n) is 6.26. The molecule has 3 aromatic rings. The van der Waals surface area contributed by atoms with E-state index < -0.39 is 6.67 Å². The third kappa shape index (κ3) is 3.62. The lowest BCUT2D eigenvalue weighted by Crippen LogP contribution is -2.44. The molecule has 1 fully saturated rings. The maximum absolute atomic E-state index is 13.7. The van der Waals surface area contributed by atoms with Gasteiger partial charge in [-0.2, -0.15) is 0 Å². The van der Waals surface area contributed by atoms with Crippen molar-refractivity contribution < 1.29 is 8.78 Å². The van der Waals surface area contributed by atoms with Crippen LogP contribution in [0.3, 0.4) is 0 Å². The second-order valence-corrected chi connectivity index (χ2v) is 8.04. The Labute approximate surface area is 175 Å². The van der Waals surface area contributed by atoms with Gasteiger partial charge < -0.3 is 9.80 Å².